The van der Waals surface area contributed by atoms with E-state index < -0.39 is 0 Å². The van der Waals surface area contributed by atoms with Crippen LogP contribution in [0.3, 0.4) is 0 Å². The lowest BCUT2D eigenvalue weighted by atomic mass is 10.3. The standard InChI is InChI=1S/C11H17N5O/c1-15(7-9(12)8-17-2)11-10-3-4-14-16(10)6-5-13-11/h3-6,9H,7-8,12H2,1-2H3. The molecule has 2 rings (SSSR count). The van der Waals surface area contributed by atoms with E-state index in [1.54, 1.807) is 24.0 Å². The summed E-state index contributed by atoms with van der Waals surface area (Å²) in [5.74, 6) is 0.872. The third-order valence-corrected chi connectivity index (χ3v) is 2.55. The molecule has 0 saturated heterocycles. The second kappa shape index (κ2) is 5.11. The summed E-state index contributed by atoms with van der Waals surface area (Å²) in [7, 11) is 3.61. The fourth-order valence-corrected chi connectivity index (χ4v) is 1.84. The van der Waals surface area contributed by atoms with E-state index in [1.165, 1.54) is 0 Å². The zero-order valence-corrected chi connectivity index (χ0v) is 10.1. The Hall–Kier alpha value is -1.66. The van der Waals surface area contributed by atoms with Crippen LogP contribution in [0, 0.1) is 0 Å². The van der Waals surface area contributed by atoms with Gasteiger partial charge < -0.3 is 15.4 Å². The molecule has 6 heteroatoms. The van der Waals surface area contributed by atoms with Crippen molar-refractivity contribution < 1.29 is 4.74 Å². The second-order valence-corrected chi connectivity index (χ2v) is 4.01. The zero-order valence-electron chi connectivity index (χ0n) is 10.1. The maximum atomic E-state index is 5.92. The summed E-state index contributed by atoms with van der Waals surface area (Å²) in [6.45, 7) is 1.22. The highest BCUT2D eigenvalue weighted by atomic mass is 16.5. The molecule has 0 amide bonds. The first-order valence-corrected chi connectivity index (χ1v) is 5.46. The summed E-state index contributed by atoms with van der Waals surface area (Å²) in [4.78, 5) is 6.38. The van der Waals surface area contributed by atoms with Crippen molar-refractivity contribution in [3.63, 3.8) is 0 Å². The number of aromatic nitrogens is 3. The number of hydrogen-bond donors (Lipinski definition) is 1. The molecule has 1 unspecified atom stereocenters. The predicted molar refractivity (Wildman–Crippen MR) is 66.1 cm³/mol. The van der Waals surface area contributed by atoms with Crippen molar-refractivity contribution in [2.24, 2.45) is 5.73 Å². The van der Waals surface area contributed by atoms with Crippen LogP contribution in [0.1, 0.15) is 0 Å². The molecule has 2 heterocycles. The third-order valence-electron chi connectivity index (χ3n) is 2.55. The fraction of sp³-hybridized carbons (Fsp3) is 0.455. The summed E-state index contributed by atoms with van der Waals surface area (Å²) in [6, 6.07) is 1.90. The van der Waals surface area contributed by atoms with E-state index >= 15 is 0 Å². The maximum absolute atomic E-state index is 5.92. The highest BCUT2D eigenvalue weighted by molar-refractivity contribution is 5.67. The Bertz CT molecular complexity index is 483. The van der Waals surface area contributed by atoms with E-state index in [0.717, 1.165) is 11.3 Å². The van der Waals surface area contributed by atoms with Crippen LogP contribution in [-0.4, -0.2) is 47.9 Å². The van der Waals surface area contributed by atoms with Gasteiger partial charge in [0.2, 0.25) is 0 Å². The van der Waals surface area contributed by atoms with Crippen molar-refractivity contribution in [1.82, 2.24) is 14.6 Å². The van der Waals surface area contributed by atoms with Crippen molar-refractivity contribution in [2.45, 2.75) is 6.04 Å². The van der Waals surface area contributed by atoms with Crippen LogP contribution in [0.4, 0.5) is 5.82 Å². The maximum Gasteiger partial charge on any atom is 0.154 e. The molecule has 0 aromatic carbocycles. The molecule has 2 N–H and O–H groups in total. The average molecular weight is 235 g/mol. The van der Waals surface area contributed by atoms with Gasteiger partial charge in [0, 0.05) is 39.1 Å². The van der Waals surface area contributed by atoms with Crippen LogP contribution in [0.25, 0.3) is 5.52 Å². The Kier molecular flexibility index (Phi) is 3.55. The Morgan fingerprint density at radius 2 is 2.35 bits per heavy atom. The van der Waals surface area contributed by atoms with Crippen LogP contribution in [0.5, 0.6) is 0 Å². The summed E-state index contributed by atoms with van der Waals surface area (Å²) in [6.07, 6.45) is 5.30. The van der Waals surface area contributed by atoms with Gasteiger partial charge in [-0.05, 0) is 6.07 Å². The molecule has 0 aliphatic rings. The molecule has 2 aromatic heterocycles. The normalized spacial score (nSPS) is 12.9. The molecule has 92 valence electrons. The lowest BCUT2D eigenvalue weighted by Gasteiger charge is -2.22. The molecular formula is C11H17N5O. The van der Waals surface area contributed by atoms with Crippen molar-refractivity contribution in [1.29, 1.82) is 0 Å². The minimum absolute atomic E-state index is 0.0324. The zero-order chi connectivity index (χ0) is 12.3. The number of ether oxygens (including phenoxy) is 1. The van der Waals surface area contributed by atoms with Gasteiger partial charge in [0.1, 0.15) is 5.52 Å². The lowest BCUT2D eigenvalue weighted by molar-refractivity contribution is 0.181. The Balaban J connectivity index is 2.18. The molecule has 0 aliphatic carbocycles. The first-order chi connectivity index (χ1) is 8.22. The molecular weight excluding hydrogens is 218 g/mol. The van der Waals surface area contributed by atoms with Crippen LogP contribution >= 0.6 is 0 Å². The first-order valence-electron chi connectivity index (χ1n) is 5.46. The molecule has 0 radical (unpaired) electrons. The SMILES string of the molecule is COCC(N)CN(C)c1nccn2nccc12. The number of nitrogens with zero attached hydrogens (tertiary/aromatic N) is 4. The Morgan fingerprint density at radius 1 is 1.53 bits per heavy atom. The number of anilines is 1. The molecule has 6 nitrogen and oxygen atoms in total. The minimum Gasteiger partial charge on any atom is -0.383 e. The van der Waals surface area contributed by atoms with E-state index in [9.17, 15) is 0 Å². The van der Waals surface area contributed by atoms with Crippen molar-refractivity contribution in [3.05, 3.63) is 24.7 Å². The van der Waals surface area contributed by atoms with Crippen LogP contribution in [0.15, 0.2) is 24.7 Å². The van der Waals surface area contributed by atoms with E-state index in [1.807, 2.05) is 24.2 Å². The van der Waals surface area contributed by atoms with Crippen LogP contribution in [-0.2, 0) is 4.74 Å². The monoisotopic (exact) mass is 235 g/mol. The number of nitrogens with two attached hydrogens (primary N) is 1. The summed E-state index contributed by atoms with van der Waals surface area (Å²) in [5.41, 5.74) is 6.90. The van der Waals surface area contributed by atoms with Crippen molar-refractivity contribution in [3.8, 4) is 0 Å². The largest absolute Gasteiger partial charge is 0.383 e. The first kappa shape index (κ1) is 11.8. The molecule has 0 aliphatic heterocycles. The third kappa shape index (κ3) is 2.54. The van der Waals surface area contributed by atoms with Crippen LogP contribution < -0.4 is 10.6 Å². The number of fused-ring (bicyclic) bond motifs is 1. The topological polar surface area (TPSA) is 68.7 Å². The Labute approximate surface area is 100.0 Å². The molecule has 0 bridgehead atoms. The van der Waals surface area contributed by atoms with Crippen molar-refractivity contribution in [2.75, 3.05) is 32.2 Å². The van der Waals surface area contributed by atoms with Gasteiger partial charge in [-0.3, -0.25) is 0 Å². The molecule has 1 atom stereocenters. The van der Waals surface area contributed by atoms with Gasteiger partial charge in [0.25, 0.3) is 0 Å². The van der Waals surface area contributed by atoms with Crippen molar-refractivity contribution >= 4 is 11.3 Å². The second-order valence-electron chi connectivity index (χ2n) is 4.01. The highest BCUT2D eigenvalue weighted by Crippen LogP contribution is 2.16. The van der Waals surface area contributed by atoms with Gasteiger partial charge in [-0.2, -0.15) is 5.10 Å². The van der Waals surface area contributed by atoms with Gasteiger partial charge in [0.05, 0.1) is 12.8 Å². The smallest absolute Gasteiger partial charge is 0.154 e. The summed E-state index contributed by atoms with van der Waals surface area (Å²) in [5, 5.41) is 4.17. The van der Waals surface area contributed by atoms with Gasteiger partial charge >= 0.3 is 0 Å². The number of rotatable bonds is 5. The molecule has 0 saturated carbocycles. The van der Waals surface area contributed by atoms with E-state index in [0.29, 0.717) is 13.2 Å². The van der Waals surface area contributed by atoms with E-state index in [4.69, 9.17) is 10.5 Å². The molecule has 0 spiro atoms. The van der Waals surface area contributed by atoms with Gasteiger partial charge in [-0.1, -0.05) is 0 Å². The summed E-state index contributed by atoms with van der Waals surface area (Å²) < 4.78 is 6.82. The molecule has 17 heavy (non-hydrogen) atoms. The highest BCUT2D eigenvalue weighted by Gasteiger charge is 2.11. The van der Waals surface area contributed by atoms with E-state index in [2.05, 4.69) is 10.1 Å². The minimum atomic E-state index is -0.0324. The molecule has 2 aromatic rings. The average Bonchev–Trinajstić information content (AvgIpc) is 2.76. The lowest BCUT2D eigenvalue weighted by Crippen LogP contribution is -2.38. The van der Waals surface area contributed by atoms with Gasteiger partial charge in [-0.25, -0.2) is 9.50 Å². The number of likely N-dealkylation sites (N-methyl/N-ethyl adjacent to an activating group) is 1. The number of methoxy groups -OCH3 is 1. The number of hydrogen-bond acceptors (Lipinski definition) is 5. The summed E-state index contributed by atoms with van der Waals surface area (Å²) >= 11 is 0. The van der Waals surface area contributed by atoms with Crippen LogP contribution in [0.2, 0.25) is 0 Å². The predicted octanol–water partition coefficient (Wildman–Crippen LogP) is 0.139. The van der Waals surface area contributed by atoms with Gasteiger partial charge in [0.15, 0.2) is 5.82 Å². The Morgan fingerprint density at radius 3 is 3.12 bits per heavy atom. The fourth-order valence-electron chi connectivity index (χ4n) is 1.84. The molecule has 0 fully saturated rings. The quantitative estimate of drug-likeness (QED) is 0.798. The van der Waals surface area contributed by atoms with Gasteiger partial charge in [-0.15, -0.1) is 0 Å². The van der Waals surface area contributed by atoms with E-state index in [-0.39, 0.29) is 6.04 Å².